The highest BCUT2D eigenvalue weighted by Crippen LogP contribution is 2.24. The number of halogens is 2. The monoisotopic (exact) mass is 414 g/mol. The SMILES string of the molecule is CNC(=O)c1ccc(Cl)c(NC(=O)c2ccc(I)cc2)c1. The molecule has 0 fully saturated rings. The third-order valence-electron chi connectivity index (χ3n) is 2.81. The number of anilines is 1. The molecule has 4 nitrogen and oxygen atoms in total. The van der Waals surface area contributed by atoms with E-state index in [-0.39, 0.29) is 11.8 Å². The van der Waals surface area contributed by atoms with E-state index >= 15 is 0 Å². The van der Waals surface area contributed by atoms with Gasteiger partial charge in [0.2, 0.25) is 0 Å². The van der Waals surface area contributed by atoms with Gasteiger partial charge in [-0.3, -0.25) is 9.59 Å². The van der Waals surface area contributed by atoms with Crippen molar-refractivity contribution in [1.82, 2.24) is 5.32 Å². The molecule has 2 amide bonds. The molecule has 0 spiro atoms. The third-order valence-corrected chi connectivity index (χ3v) is 3.86. The van der Waals surface area contributed by atoms with Gasteiger partial charge in [0, 0.05) is 21.7 Å². The molecule has 0 aliphatic rings. The van der Waals surface area contributed by atoms with Crippen LogP contribution < -0.4 is 10.6 Å². The zero-order valence-corrected chi connectivity index (χ0v) is 14.0. The number of hydrogen-bond donors (Lipinski definition) is 2. The van der Waals surface area contributed by atoms with Crippen molar-refractivity contribution in [3.63, 3.8) is 0 Å². The van der Waals surface area contributed by atoms with Crippen LogP contribution in [0.25, 0.3) is 0 Å². The lowest BCUT2D eigenvalue weighted by molar-refractivity contribution is 0.0961. The molecular weight excluding hydrogens is 403 g/mol. The number of rotatable bonds is 3. The first-order valence-corrected chi connectivity index (χ1v) is 7.55. The molecule has 0 aliphatic heterocycles. The van der Waals surface area contributed by atoms with Gasteiger partial charge in [0.25, 0.3) is 11.8 Å². The summed E-state index contributed by atoms with van der Waals surface area (Å²) in [6, 6.07) is 11.9. The highest BCUT2D eigenvalue weighted by Gasteiger charge is 2.11. The van der Waals surface area contributed by atoms with Crippen molar-refractivity contribution in [2.45, 2.75) is 0 Å². The molecule has 0 aliphatic carbocycles. The predicted octanol–water partition coefficient (Wildman–Crippen LogP) is 3.56. The van der Waals surface area contributed by atoms with E-state index in [4.69, 9.17) is 11.6 Å². The highest BCUT2D eigenvalue weighted by molar-refractivity contribution is 14.1. The fraction of sp³-hybridized carbons (Fsp3) is 0.0667. The van der Waals surface area contributed by atoms with E-state index in [9.17, 15) is 9.59 Å². The Hall–Kier alpha value is -1.60. The van der Waals surface area contributed by atoms with Crippen molar-refractivity contribution in [3.05, 3.63) is 62.2 Å². The van der Waals surface area contributed by atoms with Crippen molar-refractivity contribution in [1.29, 1.82) is 0 Å². The second-order valence-corrected chi connectivity index (χ2v) is 5.89. The zero-order valence-electron chi connectivity index (χ0n) is 11.1. The van der Waals surface area contributed by atoms with Crippen LogP contribution in [-0.2, 0) is 0 Å². The van der Waals surface area contributed by atoms with Crippen molar-refractivity contribution in [2.24, 2.45) is 0 Å². The molecule has 0 heterocycles. The van der Waals surface area contributed by atoms with Gasteiger partial charge < -0.3 is 10.6 Å². The fourth-order valence-corrected chi connectivity index (χ4v) is 2.23. The lowest BCUT2D eigenvalue weighted by atomic mass is 10.1. The average molecular weight is 415 g/mol. The quantitative estimate of drug-likeness (QED) is 0.755. The van der Waals surface area contributed by atoms with Crippen LogP contribution in [0, 0.1) is 3.57 Å². The van der Waals surface area contributed by atoms with Crippen molar-refractivity contribution < 1.29 is 9.59 Å². The molecule has 6 heteroatoms. The van der Waals surface area contributed by atoms with E-state index in [1.54, 1.807) is 37.4 Å². The first-order chi connectivity index (χ1) is 10.0. The number of carbonyl (C=O) groups excluding carboxylic acids is 2. The molecule has 2 aromatic rings. The second kappa shape index (κ2) is 6.91. The van der Waals surface area contributed by atoms with E-state index in [2.05, 4.69) is 33.2 Å². The van der Waals surface area contributed by atoms with Gasteiger partial charge in [-0.1, -0.05) is 11.6 Å². The first kappa shape index (κ1) is 15.8. The molecule has 2 aromatic carbocycles. The third kappa shape index (κ3) is 3.95. The summed E-state index contributed by atoms with van der Waals surface area (Å²) in [7, 11) is 1.54. The standard InChI is InChI=1S/C15H12ClIN2O2/c1-18-14(20)10-4-7-12(16)13(8-10)19-15(21)9-2-5-11(17)6-3-9/h2-8H,1H3,(H,18,20)(H,19,21). The summed E-state index contributed by atoms with van der Waals surface area (Å²) >= 11 is 8.22. The summed E-state index contributed by atoms with van der Waals surface area (Å²) in [6.45, 7) is 0. The Kier molecular flexibility index (Phi) is 5.19. The summed E-state index contributed by atoms with van der Waals surface area (Å²) in [5.41, 5.74) is 1.36. The molecule has 0 unspecified atom stereocenters. The number of carbonyl (C=O) groups is 2. The van der Waals surface area contributed by atoms with Crippen LogP contribution in [0.4, 0.5) is 5.69 Å². The van der Waals surface area contributed by atoms with Gasteiger partial charge in [-0.2, -0.15) is 0 Å². The molecule has 0 saturated carbocycles. The van der Waals surface area contributed by atoms with Crippen molar-refractivity contribution in [2.75, 3.05) is 12.4 Å². The lowest BCUT2D eigenvalue weighted by Gasteiger charge is -2.09. The number of nitrogens with one attached hydrogen (secondary N) is 2. The van der Waals surface area contributed by atoms with E-state index in [1.807, 2.05) is 12.1 Å². The van der Waals surface area contributed by atoms with Gasteiger partial charge in [-0.25, -0.2) is 0 Å². The Morgan fingerprint density at radius 3 is 2.24 bits per heavy atom. The molecule has 0 saturated heterocycles. The number of benzene rings is 2. The van der Waals surface area contributed by atoms with E-state index in [0.717, 1.165) is 3.57 Å². The van der Waals surface area contributed by atoms with E-state index < -0.39 is 0 Å². The summed E-state index contributed by atoms with van der Waals surface area (Å²) in [5, 5.41) is 5.61. The fourth-order valence-electron chi connectivity index (χ4n) is 1.70. The largest absolute Gasteiger partial charge is 0.355 e. The van der Waals surface area contributed by atoms with Crippen LogP contribution >= 0.6 is 34.2 Å². The maximum atomic E-state index is 12.2. The van der Waals surface area contributed by atoms with Crippen LogP contribution in [-0.4, -0.2) is 18.9 Å². The van der Waals surface area contributed by atoms with Crippen LogP contribution in [0.5, 0.6) is 0 Å². The topological polar surface area (TPSA) is 58.2 Å². The smallest absolute Gasteiger partial charge is 0.255 e. The second-order valence-electron chi connectivity index (χ2n) is 4.23. The lowest BCUT2D eigenvalue weighted by Crippen LogP contribution is -2.18. The maximum absolute atomic E-state index is 12.2. The molecule has 21 heavy (non-hydrogen) atoms. The van der Waals surface area contributed by atoms with Crippen LogP contribution in [0.15, 0.2) is 42.5 Å². The van der Waals surface area contributed by atoms with Gasteiger partial charge in [0.05, 0.1) is 10.7 Å². The van der Waals surface area contributed by atoms with E-state index in [1.165, 1.54) is 0 Å². The average Bonchev–Trinajstić information content (AvgIpc) is 2.49. The molecular formula is C15H12ClIN2O2. The van der Waals surface area contributed by atoms with Gasteiger partial charge in [0.15, 0.2) is 0 Å². The maximum Gasteiger partial charge on any atom is 0.255 e. The van der Waals surface area contributed by atoms with E-state index in [0.29, 0.717) is 21.8 Å². The molecule has 108 valence electrons. The summed E-state index contributed by atoms with van der Waals surface area (Å²) in [5.74, 6) is -0.515. The Morgan fingerprint density at radius 2 is 1.62 bits per heavy atom. The Bertz CT molecular complexity index is 687. The Morgan fingerprint density at radius 1 is 1.00 bits per heavy atom. The Balaban J connectivity index is 2.24. The molecule has 0 atom stereocenters. The molecule has 0 radical (unpaired) electrons. The van der Waals surface area contributed by atoms with Gasteiger partial charge in [0.1, 0.15) is 0 Å². The zero-order chi connectivity index (χ0) is 15.4. The number of hydrogen-bond acceptors (Lipinski definition) is 2. The highest BCUT2D eigenvalue weighted by atomic mass is 127. The van der Waals surface area contributed by atoms with Crippen LogP contribution in [0.2, 0.25) is 5.02 Å². The molecule has 2 N–H and O–H groups in total. The molecule has 0 bridgehead atoms. The number of amides is 2. The Labute approximate surface area is 141 Å². The molecule has 0 aromatic heterocycles. The summed E-state index contributed by atoms with van der Waals surface area (Å²) < 4.78 is 1.05. The van der Waals surface area contributed by atoms with Crippen molar-refractivity contribution >= 4 is 51.7 Å². The summed E-state index contributed by atoms with van der Waals surface area (Å²) in [4.78, 5) is 23.8. The summed E-state index contributed by atoms with van der Waals surface area (Å²) in [6.07, 6.45) is 0. The minimum absolute atomic E-state index is 0.239. The van der Waals surface area contributed by atoms with Gasteiger partial charge in [-0.05, 0) is 65.1 Å². The normalized spacial score (nSPS) is 10.0. The minimum Gasteiger partial charge on any atom is -0.355 e. The van der Waals surface area contributed by atoms with Crippen LogP contribution in [0.1, 0.15) is 20.7 Å². The van der Waals surface area contributed by atoms with Crippen LogP contribution in [0.3, 0.4) is 0 Å². The van der Waals surface area contributed by atoms with Gasteiger partial charge in [-0.15, -0.1) is 0 Å². The minimum atomic E-state index is -0.276. The first-order valence-electron chi connectivity index (χ1n) is 6.10. The van der Waals surface area contributed by atoms with Gasteiger partial charge >= 0.3 is 0 Å². The predicted molar refractivity (Wildman–Crippen MR) is 92.0 cm³/mol. The molecule has 2 rings (SSSR count). The van der Waals surface area contributed by atoms with Crippen molar-refractivity contribution in [3.8, 4) is 0 Å².